The molecular formula is C26H23F2N3O4. The Morgan fingerprint density at radius 1 is 1.09 bits per heavy atom. The maximum atomic E-state index is 15.1. The number of hydrogen-bond acceptors (Lipinski definition) is 5. The van der Waals surface area contributed by atoms with Crippen LogP contribution in [0.1, 0.15) is 41.0 Å². The molecule has 0 fully saturated rings. The zero-order valence-corrected chi connectivity index (χ0v) is 18.9. The number of halogens is 2. The molecule has 5 rings (SSSR count). The van der Waals surface area contributed by atoms with Crippen LogP contribution in [0.5, 0.6) is 11.5 Å². The first-order chi connectivity index (χ1) is 16.9. The van der Waals surface area contributed by atoms with Gasteiger partial charge in [-0.05, 0) is 30.2 Å². The number of fused-ring (bicyclic) bond motifs is 5. The lowest BCUT2D eigenvalue weighted by Crippen LogP contribution is -2.57. The summed E-state index contributed by atoms with van der Waals surface area (Å²) in [6.07, 6.45) is 5.35. The van der Waals surface area contributed by atoms with E-state index in [1.165, 1.54) is 16.9 Å². The van der Waals surface area contributed by atoms with Gasteiger partial charge in [-0.15, -0.1) is 0 Å². The molecule has 0 saturated heterocycles. The molecule has 0 saturated carbocycles. The van der Waals surface area contributed by atoms with E-state index < -0.39 is 40.8 Å². The van der Waals surface area contributed by atoms with E-state index in [9.17, 15) is 19.1 Å². The lowest BCUT2D eigenvalue weighted by Gasteiger charge is -2.45. The summed E-state index contributed by atoms with van der Waals surface area (Å²) < 4.78 is 36.5. The van der Waals surface area contributed by atoms with Gasteiger partial charge in [-0.1, -0.05) is 43.3 Å². The van der Waals surface area contributed by atoms with Crippen LogP contribution in [0.25, 0.3) is 0 Å². The summed E-state index contributed by atoms with van der Waals surface area (Å²) in [6, 6.07) is 11.6. The van der Waals surface area contributed by atoms with Crippen molar-refractivity contribution < 1.29 is 23.4 Å². The summed E-state index contributed by atoms with van der Waals surface area (Å²) in [5, 5.41) is 12.4. The van der Waals surface area contributed by atoms with Crippen molar-refractivity contribution in [2.24, 2.45) is 0 Å². The lowest BCUT2D eigenvalue weighted by molar-refractivity contribution is 0.0626. The molecule has 2 bridgehead atoms. The highest BCUT2D eigenvalue weighted by molar-refractivity contribution is 5.96. The van der Waals surface area contributed by atoms with E-state index in [0.29, 0.717) is 17.5 Å². The van der Waals surface area contributed by atoms with E-state index in [1.54, 1.807) is 22.1 Å². The lowest BCUT2D eigenvalue weighted by atomic mass is 9.96. The Kier molecular flexibility index (Phi) is 5.76. The zero-order chi connectivity index (χ0) is 24.7. The normalized spacial score (nSPS) is 20.4. The molecule has 9 heteroatoms. The quantitative estimate of drug-likeness (QED) is 0.568. The second-order valence-corrected chi connectivity index (χ2v) is 8.39. The molecule has 3 heterocycles. The summed E-state index contributed by atoms with van der Waals surface area (Å²) in [6.45, 7) is 1.91. The molecule has 35 heavy (non-hydrogen) atoms. The molecule has 0 radical (unpaired) electrons. The summed E-state index contributed by atoms with van der Waals surface area (Å²) in [4.78, 5) is 27.4. The van der Waals surface area contributed by atoms with Gasteiger partial charge in [-0.2, -0.15) is 4.39 Å². The van der Waals surface area contributed by atoms with Crippen LogP contribution in [0.2, 0.25) is 0 Å². The number of nitrogens with zero attached hydrogens (tertiary/aromatic N) is 3. The predicted molar refractivity (Wildman–Crippen MR) is 125 cm³/mol. The van der Waals surface area contributed by atoms with Crippen LogP contribution < -0.4 is 15.2 Å². The minimum atomic E-state index is -1.11. The third-order valence-electron chi connectivity index (χ3n) is 6.38. The van der Waals surface area contributed by atoms with Crippen molar-refractivity contribution in [1.82, 2.24) is 9.58 Å². The first-order valence-electron chi connectivity index (χ1n) is 11.3. The molecule has 1 aromatic heterocycles. The van der Waals surface area contributed by atoms with Crippen molar-refractivity contribution in [1.29, 1.82) is 0 Å². The minimum Gasteiger partial charge on any atom is -0.502 e. The summed E-state index contributed by atoms with van der Waals surface area (Å²) in [7, 11) is 0. The van der Waals surface area contributed by atoms with Crippen molar-refractivity contribution in [3.8, 4) is 11.5 Å². The van der Waals surface area contributed by atoms with E-state index >= 15 is 4.39 Å². The second-order valence-electron chi connectivity index (χ2n) is 8.39. The van der Waals surface area contributed by atoms with Gasteiger partial charge in [0.1, 0.15) is 19.3 Å². The monoisotopic (exact) mass is 479 g/mol. The Labute approximate surface area is 200 Å². The maximum absolute atomic E-state index is 15.1. The summed E-state index contributed by atoms with van der Waals surface area (Å²) >= 11 is 0. The van der Waals surface area contributed by atoms with Gasteiger partial charge in [0.25, 0.3) is 5.91 Å². The second kappa shape index (κ2) is 8.90. The molecule has 2 aromatic carbocycles. The highest BCUT2D eigenvalue weighted by Crippen LogP contribution is 2.39. The van der Waals surface area contributed by atoms with Crippen molar-refractivity contribution in [3.63, 3.8) is 0 Å². The molecule has 2 aliphatic rings. The molecule has 2 aliphatic heterocycles. The Bertz CT molecular complexity index is 1370. The highest BCUT2D eigenvalue weighted by atomic mass is 19.2. The van der Waals surface area contributed by atoms with Gasteiger partial charge in [0.2, 0.25) is 11.2 Å². The highest BCUT2D eigenvalue weighted by Gasteiger charge is 2.40. The molecule has 1 N–H and O–H groups in total. The first-order valence-corrected chi connectivity index (χ1v) is 11.3. The first kappa shape index (κ1) is 22.6. The smallest absolute Gasteiger partial charge is 0.278 e. The van der Waals surface area contributed by atoms with Crippen LogP contribution in [0.15, 0.2) is 71.7 Å². The molecule has 1 amide bonds. The average molecular weight is 479 g/mol. The van der Waals surface area contributed by atoms with Crippen LogP contribution in [0, 0.1) is 11.6 Å². The van der Waals surface area contributed by atoms with Crippen LogP contribution in [0.3, 0.4) is 0 Å². The largest absolute Gasteiger partial charge is 0.502 e. The van der Waals surface area contributed by atoms with Crippen LogP contribution in [0.4, 0.5) is 8.78 Å². The Morgan fingerprint density at radius 2 is 1.86 bits per heavy atom. The van der Waals surface area contributed by atoms with Gasteiger partial charge < -0.3 is 14.7 Å². The molecule has 180 valence electrons. The molecular weight excluding hydrogens is 456 g/mol. The van der Waals surface area contributed by atoms with E-state index in [0.717, 1.165) is 12.1 Å². The van der Waals surface area contributed by atoms with Gasteiger partial charge in [0.05, 0.1) is 6.04 Å². The number of aromatic nitrogens is 1. The molecule has 0 aliphatic carbocycles. The van der Waals surface area contributed by atoms with Crippen molar-refractivity contribution >= 4 is 5.91 Å². The Balaban J connectivity index is 1.84. The number of rotatable bonds is 2. The standard InChI is InChI=1S/C26H23F2N3O4/c1-2-17-9-6-14-35-25-18(10-11-19(27)21(25)28)22(16-7-4-3-5-8-16)31-15-29(17)26(34)23-24(33)20(32)12-13-30(23)31/h3-13,17,22,33H,2,14-15H2,1H3/b9-6+/t17-,22+/m1/s1. The number of pyridine rings is 1. The molecule has 2 atom stereocenters. The summed E-state index contributed by atoms with van der Waals surface area (Å²) in [5.41, 5.74) is 0.159. The van der Waals surface area contributed by atoms with E-state index in [4.69, 9.17) is 4.74 Å². The maximum Gasteiger partial charge on any atom is 0.278 e. The minimum absolute atomic E-state index is 0.0382. The fourth-order valence-corrected chi connectivity index (χ4v) is 4.68. The number of benzene rings is 2. The number of carbonyl (C=O) groups excluding carboxylic acids is 1. The van der Waals surface area contributed by atoms with Gasteiger partial charge in [-0.3, -0.25) is 19.3 Å². The third-order valence-corrected chi connectivity index (χ3v) is 6.38. The zero-order valence-electron chi connectivity index (χ0n) is 18.9. The third kappa shape index (κ3) is 3.73. The predicted octanol–water partition coefficient (Wildman–Crippen LogP) is 3.70. The SMILES string of the molecule is CC[C@@H]1/C=C/COc2c(ccc(F)c2F)[C@H](c2ccccc2)N2CN1C(=O)c1c(O)c(=O)ccn12. The fraction of sp³-hybridized carbons (Fsp3) is 0.231. The van der Waals surface area contributed by atoms with Gasteiger partial charge in [0.15, 0.2) is 23.0 Å². The topological polar surface area (TPSA) is 75.0 Å². The molecule has 0 unspecified atom stereocenters. The number of carbonyl (C=O) groups is 1. The fourth-order valence-electron chi connectivity index (χ4n) is 4.68. The molecule has 3 aromatic rings. The van der Waals surface area contributed by atoms with Crippen LogP contribution in [-0.2, 0) is 0 Å². The average Bonchev–Trinajstić information content (AvgIpc) is 2.89. The Hall–Kier alpha value is -4.14. The number of aromatic hydroxyl groups is 1. The number of ether oxygens (including phenoxy) is 1. The van der Waals surface area contributed by atoms with E-state index in [1.807, 2.05) is 37.3 Å². The van der Waals surface area contributed by atoms with Crippen molar-refractivity contribution in [2.75, 3.05) is 18.3 Å². The molecule has 0 spiro atoms. The van der Waals surface area contributed by atoms with E-state index in [2.05, 4.69) is 0 Å². The molecule has 7 nitrogen and oxygen atoms in total. The van der Waals surface area contributed by atoms with Crippen molar-refractivity contribution in [3.05, 3.63) is 106 Å². The van der Waals surface area contributed by atoms with Crippen LogP contribution >= 0.6 is 0 Å². The van der Waals surface area contributed by atoms with Gasteiger partial charge in [0, 0.05) is 17.8 Å². The Morgan fingerprint density at radius 3 is 2.60 bits per heavy atom. The van der Waals surface area contributed by atoms with Gasteiger partial charge >= 0.3 is 0 Å². The van der Waals surface area contributed by atoms with Gasteiger partial charge in [-0.25, -0.2) is 4.39 Å². The van der Waals surface area contributed by atoms with Crippen molar-refractivity contribution in [2.45, 2.75) is 25.4 Å². The van der Waals surface area contributed by atoms with E-state index in [-0.39, 0.29) is 24.7 Å². The summed E-state index contributed by atoms with van der Waals surface area (Å²) in [5.74, 6) is -3.58. The number of hydrogen-bond donors (Lipinski definition) is 1. The van der Waals surface area contributed by atoms with Crippen LogP contribution in [-0.4, -0.2) is 39.9 Å². The number of amides is 1.